The first-order valence-corrected chi connectivity index (χ1v) is 8.11. The van der Waals surface area contributed by atoms with Crippen LogP contribution in [0.3, 0.4) is 0 Å². The van der Waals surface area contributed by atoms with Gasteiger partial charge in [-0.25, -0.2) is 12.8 Å². The summed E-state index contributed by atoms with van der Waals surface area (Å²) < 4.78 is 44.8. The van der Waals surface area contributed by atoms with Crippen molar-refractivity contribution in [2.75, 3.05) is 11.3 Å². The molecule has 0 atom stereocenters. The highest BCUT2D eigenvalue weighted by Gasteiger charge is 2.12. The summed E-state index contributed by atoms with van der Waals surface area (Å²) >= 11 is 0. The van der Waals surface area contributed by atoms with Crippen molar-refractivity contribution in [1.29, 1.82) is 0 Å². The average Bonchev–Trinajstić information content (AvgIpc) is 2.41. The Kier molecular flexibility index (Phi) is 4.80. The van der Waals surface area contributed by atoms with E-state index < -0.39 is 15.8 Å². The lowest BCUT2D eigenvalue weighted by atomic mass is 10.2. The molecule has 0 fully saturated rings. The van der Waals surface area contributed by atoms with Gasteiger partial charge in [-0.2, -0.15) is 0 Å². The number of halogens is 1. The van der Waals surface area contributed by atoms with Gasteiger partial charge in [0, 0.05) is 6.07 Å². The first-order valence-electron chi connectivity index (χ1n) is 6.46. The van der Waals surface area contributed by atoms with Gasteiger partial charge in [0.1, 0.15) is 11.6 Å². The molecule has 2 aromatic rings. The van der Waals surface area contributed by atoms with Crippen molar-refractivity contribution in [3.8, 4) is 5.75 Å². The molecule has 0 saturated carbocycles. The molecule has 1 N–H and O–H groups in total. The van der Waals surface area contributed by atoms with Gasteiger partial charge >= 0.3 is 0 Å². The Hall–Kier alpha value is -2.08. The summed E-state index contributed by atoms with van der Waals surface area (Å²) in [4.78, 5) is 0. The largest absolute Gasteiger partial charge is 0.494 e. The predicted molar refractivity (Wildman–Crippen MR) is 80.3 cm³/mol. The lowest BCUT2D eigenvalue weighted by Crippen LogP contribution is -2.15. The zero-order chi connectivity index (χ0) is 15.3. The Balaban J connectivity index is 2.10. The maximum atomic E-state index is 12.8. The molecule has 0 aromatic heterocycles. The number of anilines is 1. The number of nitrogens with one attached hydrogen (secondary N) is 1. The number of ether oxygens (including phenoxy) is 1. The second kappa shape index (κ2) is 6.58. The van der Waals surface area contributed by atoms with Crippen molar-refractivity contribution in [2.45, 2.75) is 12.7 Å². The molecule has 0 spiro atoms. The molecule has 0 saturated heterocycles. The van der Waals surface area contributed by atoms with Crippen molar-refractivity contribution >= 4 is 15.7 Å². The number of hydrogen-bond acceptors (Lipinski definition) is 3. The van der Waals surface area contributed by atoms with Gasteiger partial charge in [0.2, 0.25) is 10.0 Å². The molecular formula is C15H16FNO3S. The first kappa shape index (κ1) is 15.3. The summed E-state index contributed by atoms with van der Waals surface area (Å²) in [6, 6.07) is 12.1. The van der Waals surface area contributed by atoms with Crippen LogP contribution >= 0.6 is 0 Å². The van der Waals surface area contributed by atoms with Crippen LogP contribution in [0.15, 0.2) is 48.5 Å². The topological polar surface area (TPSA) is 55.4 Å². The smallest absolute Gasteiger partial charge is 0.236 e. The van der Waals surface area contributed by atoms with E-state index in [-0.39, 0.29) is 5.75 Å². The second-order valence-electron chi connectivity index (χ2n) is 4.45. The van der Waals surface area contributed by atoms with E-state index in [9.17, 15) is 12.8 Å². The quantitative estimate of drug-likeness (QED) is 0.891. The van der Waals surface area contributed by atoms with E-state index in [0.717, 1.165) is 0 Å². The molecule has 0 radical (unpaired) electrons. The van der Waals surface area contributed by atoms with E-state index in [1.165, 1.54) is 24.3 Å². The third-order valence-electron chi connectivity index (χ3n) is 2.69. The summed E-state index contributed by atoms with van der Waals surface area (Å²) in [6.07, 6.45) is 0. The fourth-order valence-corrected chi connectivity index (χ4v) is 3.02. The van der Waals surface area contributed by atoms with Gasteiger partial charge in [0.25, 0.3) is 0 Å². The van der Waals surface area contributed by atoms with Gasteiger partial charge in [-0.05, 0) is 36.8 Å². The molecule has 112 valence electrons. The third-order valence-corrected chi connectivity index (χ3v) is 3.95. The monoisotopic (exact) mass is 309 g/mol. The lowest BCUT2D eigenvalue weighted by molar-refractivity contribution is 0.340. The van der Waals surface area contributed by atoms with Gasteiger partial charge in [0.15, 0.2) is 0 Å². The van der Waals surface area contributed by atoms with Crippen LogP contribution in [-0.4, -0.2) is 15.0 Å². The molecule has 4 nitrogen and oxygen atoms in total. The number of hydrogen-bond donors (Lipinski definition) is 1. The highest BCUT2D eigenvalue weighted by atomic mass is 32.2. The predicted octanol–water partition coefficient (Wildman–Crippen LogP) is 3.17. The van der Waals surface area contributed by atoms with Gasteiger partial charge in [-0.3, -0.25) is 4.72 Å². The maximum Gasteiger partial charge on any atom is 0.236 e. The van der Waals surface area contributed by atoms with Crippen LogP contribution in [0.4, 0.5) is 10.1 Å². The number of sulfonamides is 1. The van der Waals surface area contributed by atoms with Gasteiger partial charge < -0.3 is 4.74 Å². The maximum absolute atomic E-state index is 12.8. The average molecular weight is 309 g/mol. The molecule has 0 aliphatic carbocycles. The summed E-state index contributed by atoms with van der Waals surface area (Å²) in [5, 5.41) is 0. The van der Waals surface area contributed by atoms with Crippen LogP contribution in [0.5, 0.6) is 5.75 Å². The van der Waals surface area contributed by atoms with Crippen molar-refractivity contribution in [1.82, 2.24) is 0 Å². The van der Waals surface area contributed by atoms with E-state index >= 15 is 0 Å². The standard InChI is InChI=1S/C15H16FNO3S/c1-2-20-15-5-3-4-14(10-15)17-21(18,19)11-12-6-8-13(16)9-7-12/h3-10,17H,2,11H2,1H3. The SMILES string of the molecule is CCOc1cccc(NS(=O)(=O)Cc2ccc(F)cc2)c1. The molecule has 0 bridgehead atoms. The summed E-state index contributed by atoms with van der Waals surface area (Å²) in [6.45, 7) is 2.36. The normalized spacial score (nSPS) is 11.1. The van der Waals surface area contributed by atoms with Crippen molar-refractivity contribution in [3.63, 3.8) is 0 Å². The van der Waals surface area contributed by atoms with Crippen molar-refractivity contribution in [2.24, 2.45) is 0 Å². The third kappa shape index (κ3) is 4.75. The second-order valence-corrected chi connectivity index (χ2v) is 6.17. The molecule has 21 heavy (non-hydrogen) atoms. The van der Waals surface area contributed by atoms with Crippen LogP contribution in [0, 0.1) is 5.82 Å². The van der Waals surface area contributed by atoms with Crippen LogP contribution in [0.25, 0.3) is 0 Å². The zero-order valence-electron chi connectivity index (χ0n) is 11.5. The van der Waals surface area contributed by atoms with Gasteiger partial charge in [0.05, 0.1) is 18.0 Å². The summed E-state index contributed by atoms with van der Waals surface area (Å²) in [7, 11) is -3.56. The molecule has 0 aliphatic rings. The molecule has 6 heteroatoms. The van der Waals surface area contributed by atoms with E-state index in [1.807, 2.05) is 6.92 Å². The molecule has 0 unspecified atom stereocenters. The Morgan fingerprint density at radius 1 is 1.14 bits per heavy atom. The molecule has 0 aliphatic heterocycles. The van der Waals surface area contributed by atoms with Gasteiger partial charge in [-0.15, -0.1) is 0 Å². The highest BCUT2D eigenvalue weighted by Crippen LogP contribution is 2.19. The summed E-state index contributed by atoms with van der Waals surface area (Å²) in [5.74, 6) is -0.0143. The first-order chi connectivity index (χ1) is 9.98. The zero-order valence-corrected chi connectivity index (χ0v) is 12.4. The molecule has 2 aromatic carbocycles. The molecule has 0 heterocycles. The van der Waals surface area contributed by atoms with Crippen molar-refractivity contribution < 1.29 is 17.5 Å². The van der Waals surface area contributed by atoms with E-state index in [2.05, 4.69) is 4.72 Å². The summed E-state index contributed by atoms with van der Waals surface area (Å²) in [5.41, 5.74) is 0.952. The minimum Gasteiger partial charge on any atom is -0.494 e. The minimum absolute atomic E-state index is 0.216. The van der Waals surface area contributed by atoms with E-state index in [4.69, 9.17) is 4.74 Å². The van der Waals surface area contributed by atoms with E-state index in [0.29, 0.717) is 23.6 Å². The van der Waals surface area contributed by atoms with Gasteiger partial charge in [-0.1, -0.05) is 18.2 Å². The van der Waals surface area contributed by atoms with Crippen molar-refractivity contribution in [3.05, 3.63) is 59.9 Å². The molecule has 2 rings (SSSR count). The van der Waals surface area contributed by atoms with Crippen LogP contribution < -0.4 is 9.46 Å². The van der Waals surface area contributed by atoms with Crippen LogP contribution in [0.1, 0.15) is 12.5 Å². The minimum atomic E-state index is -3.56. The molecular weight excluding hydrogens is 293 g/mol. The Labute approximate surface area is 123 Å². The number of rotatable bonds is 6. The fourth-order valence-electron chi connectivity index (χ4n) is 1.83. The number of benzene rings is 2. The Bertz CT molecular complexity index is 699. The van der Waals surface area contributed by atoms with E-state index in [1.54, 1.807) is 24.3 Å². The highest BCUT2D eigenvalue weighted by molar-refractivity contribution is 7.91. The fraction of sp³-hybridized carbons (Fsp3) is 0.200. The van der Waals surface area contributed by atoms with Crippen LogP contribution in [0.2, 0.25) is 0 Å². The Morgan fingerprint density at radius 3 is 2.52 bits per heavy atom. The lowest BCUT2D eigenvalue weighted by Gasteiger charge is -2.10. The Morgan fingerprint density at radius 2 is 1.86 bits per heavy atom. The van der Waals surface area contributed by atoms with Crippen LogP contribution in [-0.2, 0) is 15.8 Å². The molecule has 0 amide bonds.